The number of rotatable bonds is 1. The van der Waals surface area contributed by atoms with Gasteiger partial charge in [0.25, 0.3) is 0 Å². The fourth-order valence-electron chi connectivity index (χ4n) is 2.61. The summed E-state index contributed by atoms with van der Waals surface area (Å²) >= 11 is 0. The molecule has 0 spiro atoms. The Balaban J connectivity index is 2.29. The molecule has 1 aromatic heterocycles. The Morgan fingerprint density at radius 3 is 2.76 bits per heavy atom. The summed E-state index contributed by atoms with van der Waals surface area (Å²) in [7, 11) is 1.88. The van der Waals surface area contributed by atoms with Crippen molar-refractivity contribution in [1.29, 1.82) is 0 Å². The zero-order chi connectivity index (χ0) is 12.6. The van der Waals surface area contributed by atoms with Crippen LogP contribution in [0.3, 0.4) is 0 Å². The molecule has 0 radical (unpaired) electrons. The van der Waals surface area contributed by atoms with E-state index in [0.717, 1.165) is 24.2 Å². The first kappa shape index (κ1) is 12.0. The van der Waals surface area contributed by atoms with E-state index in [4.69, 9.17) is 0 Å². The van der Waals surface area contributed by atoms with Crippen molar-refractivity contribution in [3.63, 3.8) is 0 Å². The van der Waals surface area contributed by atoms with Crippen LogP contribution in [0.1, 0.15) is 37.2 Å². The maximum atomic E-state index is 11.3. The highest BCUT2D eigenvalue weighted by Crippen LogP contribution is 2.33. The van der Waals surface area contributed by atoms with Gasteiger partial charge in [0.1, 0.15) is 0 Å². The third-order valence-corrected chi connectivity index (χ3v) is 3.44. The highest BCUT2D eigenvalue weighted by atomic mass is 16.4. The van der Waals surface area contributed by atoms with Gasteiger partial charge in [-0.15, -0.1) is 0 Å². The lowest BCUT2D eigenvalue weighted by atomic mass is 9.92. The van der Waals surface area contributed by atoms with Gasteiger partial charge in [0, 0.05) is 13.6 Å². The van der Waals surface area contributed by atoms with Gasteiger partial charge in [-0.2, -0.15) is 5.10 Å². The van der Waals surface area contributed by atoms with Crippen LogP contribution in [0.25, 0.3) is 0 Å². The Bertz CT molecular complexity index is 427. The summed E-state index contributed by atoms with van der Waals surface area (Å²) in [5.74, 6) is 0.441. The zero-order valence-electron chi connectivity index (χ0n) is 10.6. The molecule has 5 heteroatoms. The van der Waals surface area contributed by atoms with Crippen molar-refractivity contribution in [2.75, 3.05) is 6.54 Å². The predicted octanol–water partition coefficient (Wildman–Crippen LogP) is 2.18. The molecule has 2 atom stereocenters. The monoisotopic (exact) mass is 237 g/mol. The Morgan fingerprint density at radius 1 is 1.53 bits per heavy atom. The van der Waals surface area contributed by atoms with Crippen LogP contribution in [-0.2, 0) is 7.05 Å². The van der Waals surface area contributed by atoms with Crippen LogP contribution in [0.4, 0.5) is 4.79 Å². The summed E-state index contributed by atoms with van der Waals surface area (Å²) in [6.45, 7) is 4.64. The SMILES string of the molecule is Cc1cc([C@H]2CC[C@H](C)CN2C(=O)O)n(C)n1. The molecule has 1 aliphatic rings. The number of carboxylic acid groups (broad SMARTS) is 1. The number of piperidine rings is 1. The largest absolute Gasteiger partial charge is 0.465 e. The van der Waals surface area contributed by atoms with E-state index in [0.29, 0.717) is 12.5 Å². The average Bonchev–Trinajstić information content (AvgIpc) is 2.57. The van der Waals surface area contributed by atoms with E-state index < -0.39 is 6.09 Å². The average molecular weight is 237 g/mol. The van der Waals surface area contributed by atoms with Crippen molar-refractivity contribution in [3.8, 4) is 0 Å². The summed E-state index contributed by atoms with van der Waals surface area (Å²) in [5.41, 5.74) is 1.93. The molecule has 94 valence electrons. The molecule has 5 nitrogen and oxygen atoms in total. The number of likely N-dealkylation sites (tertiary alicyclic amines) is 1. The molecule has 1 saturated heterocycles. The first-order valence-electron chi connectivity index (χ1n) is 5.99. The summed E-state index contributed by atoms with van der Waals surface area (Å²) < 4.78 is 1.80. The van der Waals surface area contributed by atoms with Crippen LogP contribution in [0.2, 0.25) is 0 Å². The van der Waals surface area contributed by atoms with Crippen molar-refractivity contribution in [2.45, 2.75) is 32.7 Å². The second-order valence-corrected chi connectivity index (χ2v) is 4.97. The van der Waals surface area contributed by atoms with Crippen LogP contribution >= 0.6 is 0 Å². The highest BCUT2D eigenvalue weighted by molar-refractivity contribution is 5.65. The van der Waals surface area contributed by atoms with Gasteiger partial charge in [0.15, 0.2) is 0 Å². The minimum absolute atomic E-state index is 0.0464. The molecule has 0 aromatic carbocycles. The van der Waals surface area contributed by atoms with E-state index >= 15 is 0 Å². The molecule has 2 heterocycles. The van der Waals surface area contributed by atoms with Gasteiger partial charge in [0.2, 0.25) is 0 Å². The van der Waals surface area contributed by atoms with Crippen molar-refractivity contribution in [1.82, 2.24) is 14.7 Å². The molecule has 1 aromatic rings. The molecule has 17 heavy (non-hydrogen) atoms. The smallest absolute Gasteiger partial charge is 0.407 e. The second-order valence-electron chi connectivity index (χ2n) is 4.97. The van der Waals surface area contributed by atoms with Gasteiger partial charge in [-0.1, -0.05) is 6.92 Å². The molecule has 1 aliphatic heterocycles. The molecular formula is C12H19N3O2. The van der Waals surface area contributed by atoms with E-state index in [2.05, 4.69) is 12.0 Å². The van der Waals surface area contributed by atoms with E-state index in [1.54, 1.807) is 9.58 Å². The summed E-state index contributed by atoms with van der Waals surface area (Å²) in [6, 6.07) is 1.94. The van der Waals surface area contributed by atoms with E-state index in [1.807, 2.05) is 20.0 Å². The van der Waals surface area contributed by atoms with Gasteiger partial charge in [-0.25, -0.2) is 4.79 Å². The molecule has 1 fully saturated rings. The number of aromatic nitrogens is 2. The number of hydrogen-bond donors (Lipinski definition) is 1. The minimum Gasteiger partial charge on any atom is -0.465 e. The minimum atomic E-state index is -0.833. The highest BCUT2D eigenvalue weighted by Gasteiger charge is 2.32. The number of carbonyl (C=O) groups is 1. The number of nitrogens with zero attached hydrogens (tertiary/aromatic N) is 3. The Hall–Kier alpha value is -1.52. The van der Waals surface area contributed by atoms with Crippen LogP contribution in [0.5, 0.6) is 0 Å². The lowest BCUT2D eigenvalue weighted by molar-refractivity contribution is 0.0871. The maximum Gasteiger partial charge on any atom is 0.407 e. The predicted molar refractivity (Wildman–Crippen MR) is 63.8 cm³/mol. The number of aryl methyl sites for hydroxylation is 2. The Kier molecular flexibility index (Phi) is 3.09. The number of amides is 1. The summed E-state index contributed by atoms with van der Waals surface area (Å²) in [5, 5.41) is 13.6. The molecule has 0 saturated carbocycles. The molecule has 0 bridgehead atoms. The first-order chi connectivity index (χ1) is 7.99. The normalized spacial score (nSPS) is 25.0. The van der Waals surface area contributed by atoms with Gasteiger partial charge in [-0.05, 0) is 31.7 Å². The summed E-state index contributed by atoms with van der Waals surface area (Å²) in [6.07, 6.45) is 1.12. The molecule has 0 aliphatic carbocycles. The fraction of sp³-hybridized carbons (Fsp3) is 0.667. The standard InChI is InChI=1S/C12H19N3O2/c1-8-4-5-10(15(7-8)12(16)17)11-6-9(2)13-14(11)3/h6,8,10H,4-5,7H2,1-3H3,(H,16,17)/t8-,10+/m0/s1. The van der Waals surface area contributed by atoms with Crippen molar-refractivity contribution < 1.29 is 9.90 Å². The lowest BCUT2D eigenvalue weighted by Crippen LogP contribution is -2.41. The van der Waals surface area contributed by atoms with Crippen LogP contribution in [0, 0.1) is 12.8 Å². The van der Waals surface area contributed by atoms with Crippen LogP contribution < -0.4 is 0 Å². The quantitative estimate of drug-likeness (QED) is 0.814. The molecule has 2 rings (SSSR count). The van der Waals surface area contributed by atoms with Crippen molar-refractivity contribution in [3.05, 3.63) is 17.5 Å². The Morgan fingerprint density at radius 2 is 2.24 bits per heavy atom. The molecule has 0 unspecified atom stereocenters. The lowest BCUT2D eigenvalue weighted by Gasteiger charge is -2.36. The second kappa shape index (κ2) is 4.39. The van der Waals surface area contributed by atoms with E-state index in [9.17, 15) is 9.90 Å². The summed E-state index contributed by atoms with van der Waals surface area (Å²) in [4.78, 5) is 12.8. The van der Waals surface area contributed by atoms with Gasteiger partial charge in [-0.3, -0.25) is 9.58 Å². The van der Waals surface area contributed by atoms with Gasteiger partial charge in [0.05, 0.1) is 17.4 Å². The first-order valence-corrected chi connectivity index (χ1v) is 5.99. The third-order valence-electron chi connectivity index (χ3n) is 3.44. The fourth-order valence-corrected chi connectivity index (χ4v) is 2.61. The van der Waals surface area contributed by atoms with Crippen LogP contribution in [0.15, 0.2) is 6.07 Å². The van der Waals surface area contributed by atoms with E-state index in [1.165, 1.54) is 0 Å². The van der Waals surface area contributed by atoms with Gasteiger partial charge < -0.3 is 5.11 Å². The molecule has 1 N–H and O–H groups in total. The molecule has 1 amide bonds. The topological polar surface area (TPSA) is 58.4 Å². The van der Waals surface area contributed by atoms with E-state index in [-0.39, 0.29) is 6.04 Å². The molecular weight excluding hydrogens is 218 g/mol. The third kappa shape index (κ3) is 2.28. The Labute approximate surface area is 101 Å². The van der Waals surface area contributed by atoms with Crippen molar-refractivity contribution >= 4 is 6.09 Å². The van der Waals surface area contributed by atoms with Gasteiger partial charge >= 0.3 is 6.09 Å². The number of hydrogen-bond acceptors (Lipinski definition) is 2. The van der Waals surface area contributed by atoms with Crippen molar-refractivity contribution in [2.24, 2.45) is 13.0 Å². The van der Waals surface area contributed by atoms with Crippen LogP contribution in [-0.4, -0.2) is 32.4 Å². The maximum absolute atomic E-state index is 11.3. The zero-order valence-corrected chi connectivity index (χ0v) is 10.6.